The Morgan fingerprint density at radius 2 is 1.95 bits per heavy atom. The predicted molar refractivity (Wildman–Crippen MR) is 85.5 cm³/mol. The smallest absolute Gasteiger partial charge is 0.123 e. The van der Waals surface area contributed by atoms with Gasteiger partial charge in [0.25, 0.3) is 0 Å². The average Bonchev–Trinajstić information content (AvgIpc) is 2.93. The van der Waals surface area contributed by atoms with Crippen molar-refractivity contribution in [2.75, 3.05) is 5.32 Å². The second kappa shape index (κ2) is 5.87. The summed E-state index contributed by atoms with van der Waals surface area (Å²) in [7, 11) is 0. The number of hydrogen-bond acceptors (Lipinski definition) is 3. The molecule has 0 aliphatic rings. The number of aromatic hydroxyl groups is 1. The van der Waals surface area contributed by atoms with Crippen LogP contribution < -0.4 is 5.32 Å². The Morgan fingerprint density at radius 1 is 1.14 bits per heavy atom. The number of hydrogen-bond donors (Lipinski definition) is 2. The Morgan fingerprint density at radius 3 is 2.81 bits per heavy atom. The van der Waals surface area contributed by atoms with E-state index in [4.69, 9.17) is 0 Å². The molecule has 0 amide bonds. The Labute approximate surface area is 124 Å². The Bertz CT molecular complexity index is 749. The Hall–Kier alpha value is -2.49. The lowest BCUT2D eigenvalue weighted by molar-refractivity contribution is 0.481. The minimum Gasteiger partial charge on any atom is -0.507 e. The molecule has 4 nitrogen and oxygen atoms in total. The molecule has 0 radical (unpaired) electrons. The molecule has 3 aromatic rings. The number of nitrogens with zero attached hydrogens (tertiary/aromatic N) is 2. The van der Waals surface area contributed by atoms with E-state index in [1.165, 1.54) is 0 Å². The lowest BCUT2D eigenvalue weighted by atomic mass is 10.1. The molecule has 0 atom stereocenters. The molecule has 3 rings (SSSR count). The molecule has 0 saturated carbocycles. The minimum atomic E-state index is 0.312. The number of fused-ring (bicyclic) bond motifs is 1. The molecule has 2 N–H and O–H groups in total. The summed E-state index contributed by atoms with van der Waals surface area (Å²) in [5.41, 5.74) is 2.18. The van der Waals surface area contributed by atoms with Crippen molar-refractivity contribution in [1.82, 2.24) is 9.55 Å². The zero-order chi connectivity index (χ0) is 14.7. The summed E-state index contributed by atoms with van der Waals surface area (Å²) in [5.74, 6) is 0.312. The van der Waals surface area contributed by atoms with Crippen molar-refractivity contribution in [3.05, 3.63) is 54.6 Å². The molecule has 1 heterocycles. The van der Waals surface area contributed by atoms with Crippen LogP contribution in [0.5, 0.6) is 5.75 Å². The Kier molecular flexibility index (Phi) is 3.77. The SMILES string of the molecule is CCCn1cncc1CNc1cccc2c(O)cccc12. The number of imidazole rings is 1. The molecule has 2 aromatic carbocycles. The maximum atomic E-state index is 9.92. The van der Waals surface area contributed by atoms with E-state index in [9.17, 15) is 5.11 Å². The van der Waals surface area contributed by atoms with Crippen molar-refractivity contribution in [3.63, 3.8) is 0 Å². The van der Waals surface area contributed by atoms with E-state index in [-0.39, 0.29) is 0 Å². The normalized spacial score (nSPS) is 10.9. The third-order valence-corrected chi connectivity index (χ3v) is 3.62. The fourth-order valence-corrected chi connectivity index (χ4v) is 2.57. The van der Waals surface area contributed by atoms with Gasteiger partial charge in [-0.05, 0) is 18.6 Å². The summed E-state index contributed by atoms with van der Waals surface area (Å²) in [4.78, 5) is 4.21. The van der Waals surface area contributed by atoms with Crippen LogP contribution in [0.2, 0.25) is 0 Å². The van der Waals surface area contributed by atoms with Crippen LogP contribution in [0.15, 0.2) is 48.9 Å². The van der Waals surface area contributed by atoms with Gasteiger partial charge in [0.1, 0.15) is 5.75 Å². The van der Waals surface area contributed by atoms with E-state index in [1.807, 2.05) is 42.9 Å². The van der Waals surface area contributed by atoms with E-state index in [1.54, 1.807) is 6.07 Å². The van der Waals surface area contributed by atoms with Crippen LogP contribution in [0.25, 0.3) is 10.8 Å². The quantitative estimate of drug-likeness (QED) is 0.748. The second-order valence-corrected chi connectivity index (χ2v) is 5.11. The van der Waals surface area contributed by atoms with Crippen molar-refractivity contribution in [3.8, 4) is 5.75 Å². The molecule has 0 saturated heterocycles. The van der Waals surface area contributed by atoms with Crippen LogP contribution in [0.1, 0.15) is 19.0 Å². The van der Waals surface area contributed by atoms with Gasteiger partial charge >= 0.3 is 0 Å². The van der Waals surface area contributed by atoms with Crippen LogP contribution in [0.3, 0.4) is 0 Å². The zero-order valence-corrected chi connectivity index (χ0v) is 12.1. The highest BCUT2D eigenvalue weighted by molar-refractivity contribution is 5.97. The number of benzene rings is 2. The number of rotatable bonds is 5. The summed E-state index contributed by atoms with van der Waals surface area (Å²) < 4.78 is 2.16. The lowest BCUT2D eigenvalue weighted by Crippen LogP contribution is -2.07. The number of aryl methyl sites for hydroxylation is 1. The van der Waals surface area contributed by atoms with Gasteiger partial charge in [-0.3, -0.25) is 0 Å². The largest absolute Gasteiger partial charge is 0.507 e. The standard InChI is InChI=1S/C17H19N3O/c1-2-9-20-12-18-10-13(20)11-19-16-7-3-6-15-14(16)5-4-8-17(15)21/h3-8,10,12,19,21H,2,9,11H2,1H3. The van der Waals surface area contributed by atoms with Crippen LogP contribution in [-0.4, -0.2) is 14.7 Å². The second-order valence-electron chi connectivity index (χ2n) is 5.11. The lowest BCUT2D eigenvalue weighted by Gasteiger charge is -2.12. The first-order valence-electron chi connectivity index (χ1n) is 7.23. The first kappa shape index (κ1) is 13.5. The number of phenolic OH excluding ortho intramolecular Hbond substituents is 1. The molecular weight excluding hydrogens is 262 g/mol. The van der Waals surface area contributed by atoms with Gasteiger partial charge in [0.15, 0.2) is 0 Å². The molecule has 0 aliphatic carbocycles. The summed E-state index contributed by atoms with van der Waals surface area (Å²) in [6.07, 6.45) is 4.85. The number of nitrogens with one attached hydrogen (secondary N) is 1. The maximum Gasteiger partial charge on any atom is 0.123 e. The van der Waals surface area contributed by atoms with Gasteiger partial charge in [-0.25, -0.2) is 4.98 Å². The number of anilines is 1. The van der Waals surface area contributed by atoms with Crippen molar-refractivity contribution >= 4 is 16.5 Å². The highest BCUT2D eigenvalue weighted by atomic mass is 16.3. The predicted octanol–water partition coefficient (Wildman–Crippen LogP) is 3.76. The van der Waals surface area contributed by atoms with Crippen molar-refractivity contribution in [1.29, 1.82) is 0 Å². The molecule has 4 heteroatoms. The topological polar surface area (TPSA) is 50.1 Å². The third-order valence-electron chi connectivity index (χ3n) is 3.62. The van der Waals surface area contributed by atoms with Crippen LogP contribution in [0, 0.1) is 0 Å². The molecular formula is C17H19N3O. The zero-order valence-electron chi connectivity index (χ0n) is 12.1. The summed E-state index contributed by atoms with van der Waals surface area (Å²) >= 11 is 0. The maximum absolute atomic E-state index is 9.92. The molecule has 21 heavy (non-hydrogen) atoms. The molecule has 0 fully saturated rings. The van der Waals surface area contributed by atoms with Crippen LogP contribution in [0.4, 0.5) is 5.69 Å². The third kappa shape index (κ3) is 2.70. The Balaban J connectivity index is 1.85. The monoisotopic (exact) mass is 281 g/mol. The van der Waals surface area contributed by atoms with E-state index in [2.05, 4.69) is 21.8 Å². The molecule has 0 bridgehead atoms. The molecule has 0 spiro atoms. The van der Waals surface area contributed by atoms with Gasteiger partial charge < -0.3 is 15.0 Å². The summed E-state index contributed by atoms with van der Waals surface area (Å²) in [6.45, 7) is 3.85. The average molecular weight is 281 g/mol. The molecule has 108 valence electrons. The summed E-state index contributed by atoms with van der Waals surface area (Å²) in [5, 5.41) is 15.3. The molecule has 1 aromatic heterocycles. The van der Waals surface area contributed by atoms with Crippen LogP contribution >= 0.6 is 0 Å². The van der Waals surface area contributed by atoms with E-state index < -0.39 is 0 Å². The van der Waals surface area contributed by atoms with Gasteiger partial charge in [-0.2, -0.15) is 0 Å². The first-order valence-corrected chi connectivity index (χ1v) is 7.23. The first-order chi connectivity index (χ1) is 10.3. The van der Waals surface area contributed by atoms with E-state index in [0.717, 1.165) is 41.7 Å². The fourth-order valence-electron chi connectivity index (χ4n) is 2.57. The van der Waals surface area contributed by atoms with Gasteiger partial charge in [0.2, 0.25) is 0 Å². The van der Waals surface area contributed by atoms with Crippen molar-refractivity contribution < 1.29 is 5.11 Å². The van der Waals surface area contributed by atoms with Gasteiger partial charge in [0, 0.05) is 29.2 Å². The van der Waals surface area contributed by atoms with Gasteiger partial charge in [-0.15, -0.1) is 0 Å². The fraction of sp³-hybridized carbons (Fsp3) is 0.235. The highest BCUT2D eigenvalue weighted by Gasteiger charge is 2.05. The summed E-state index contributed by atoms with van der Waals surface area (Å²) in [6, 6.07) is 11.5. The van der Waals surface area contributed by atoms with Crippen molar-refractivity contribution in [2.45, 2.75) is 26.4 Å². The highest BCUT2D eigenvalue weighted by Crippen LogP contribution is 2.29. The van der Waals surface area contributed by atoms with Gasteiger partial charge in [0.05, 0.1) is 18.6 Å². The minimum absolute atomic E-state index is 0.312. The van der Waals surface area contributed by atoms with Crippen molar-refractivity contribution in [2.24, 2.45) is 0 Å². The number of phenols is 1. The van der Waals surface area contributed by atoms with Gasteiger partial charge in [-0.1, -0.05) is 31.2 Å². The van der Waals surface area contributed by atoms with E-state index >= 15 is 0 Å². The number of aromatic nitrogens is 2. The van der Waals surface area contributed by atoms with E-state index in [0.29, 0.717) is 5.75 Å². The van der Waals surface area contributed by atoms with Crippen LogP contribution in [-0.2, 0) is 13.1 Å². The molecule has 0 aliphatic heterocycles. The molecule has 0 unspecified atom stereocenters.